The van der Waals surface area contributed by atoms with Crippen molar-refractivity contribution in [3.8, 4) is 11.5 Å². The summed E-state index contributed by atoms with van der Waals surface area (Å²) in [6.45, 7) is 7.08. The molecule has 1 atom stereocenters. The summed E-state index contributed by atoms with van der Waals surface area (Å²) >= 11 is 0. The number of oxazole rings is 1. The zero-order valence-electron chi connectivity index (χ0n) is 14.1. The highest BCUT2D eigenvalue weighted by molar-refractivity contribution is 5.52. The van der Waals surface area contributed by atoms with Gasteiger partial charge in [0.1, 0.15) is 6.26 Å². The molecule has 0 aliphatic carbocycles. The first-order chi connectivity index (χ1) is 11.7. The Morgan fingerprint density at radius 3 is 2.79 bits per heavy atom. The molecule has 0 unspecified atom stereocenters. The van der Waals surface area contributed by atoms with Crippen LogP contribution in [-0.4, -0.2) is 32.8 Å². The molecule has 1 aromatic carbocycles. The van der Waals surface area contributed by atoms with Crippen molar-refractivity contribution in [2.45, 2.75) is 32.9 Å². The molecule has 0 N–H and O–H groups in total. The van der Waals surface area contributed by atoms with Gasteiger partial charge in [0.05, 0.1) is 17.4 Å². The maximum absolute atomic E-state index is 5.64. The van der Waals surface area contributed by atoms with E-state index in [4.69, 9.17) is 4.42 Å². The second-order valence-corrected chi connectivity index (χ2v) is 6.56. The number of likely N-dealkylation sites (tertiary alicyclic amines) is 1. The van der Waals surface area contributed by atoms with Crippen molar-refractivity contribution in [3.05, 3.63) is 59.7 Å². The predicted molar refractivity (Wildman–Crippen MR) is 92.6 cm³/mol. The van der Waals surface area contributed by atoms with E-state index in [2.05, 4.69) is 39.6 Å². The monoisotopic (exact) mass is 322 g/mol. The van der Waals surface area contributed by atoms with Crippen molar-refractivity contribution < 1.29 is 4.42 Å². The van der Waals surface area contributed by atoms with E-state index >= 15 is 0 Å². The number of benzene rings is 1. The quantitative estimate of drug-likeness (QED) is 0.736. The zero-order valence-corrected chi connectivity index (χ0v) is 14.1. The van der Waals surface area contributed by atoms with E-state index in [0.29, 0.717) is 11.9 Å². The normalized spacial score (nSPS) is 18.3. The number of hydrogen-bond donors (Lipinski definition) is 0. The van der Waals surface area contributed by atoms with Gasteiger partial charge in [0.2, 0.25) is 5.89 Å². The molecular formula is C19H22N4O. The molecule has 3 heterocycles. The summed E-state index contributed by atoms with van der Waals surface area (Å²) in [4.78, 5) is 7.06. The molecule has 24 heavy (non-hydrogen) atoms. The summed E-state index contributed by atoms with van der Waals surface area (Å²) in [5, 5.41) is 4.63. The molecule has 3 aromatic rings. The molecule has 1 fully saturated rings. The van der Waals surface area contributed by atoms with E-state index in [1.807, 2.05) is 30.3 Å². The second kappa shape index (κ2) is 6.24. The van der Waals surface area contributed by atoms with Crippen LogP contribution in [0.1, 0.15) is 29.5 Å². The number of nitrogens with zero attached hydrogens (tertiary/aromatic N) is 4. The average molecular weight is 322 g/mol. The Morgan fingerprint density at radius 2 is 2.04 bits per heavy atom. The summed E-state index contributed by atoms with van der Waals surface area (Å²) in [6, 6.07) is 12.6. The zero-order chi connectivity index (χ0) is 16.5. The Morgan fingerprint density at radius 1 is 1.21 bits per heavy atom. The van der Waals surface area contributed by atoms with Crippen LogP contribution in [0.2, 0.25) is 0 Å². The highest BCUT2D eigenvalue weighted by atomic mass is 16.3. The Labute approximate surface area is 141 Å². The van der Waals surface area contributed by atoms with Crippen molar-refractivity contribution >= 4 is 0 Å². The molecule has 1 saturated heterocycles. The standard InChI is InChI=1S/C19H22N4O/c1-14-10-15(2)23(21-14)18-8-9-22(12-18)11-17-13-24-19(20-17)16-6-4-3-5-7-16/h3-7,10,13,18H,8-9,11-12H2,1-2H3/t18-/m0/s1. The van der Waals surface area contributed by atoms with Gasteiger partial charge < -0.3 is 4.42 Å². The lowest BCUT2D eigenvalue weighted by molar-refractivity contribution is 0.306. The minimum absolute atomic E-state index is 0.458. The predicted octanol–water partition coefficient (Wildman–Crippen LogP) is 3.60. The molecular weight excluding hydrogens is 300 g/mol. The lowest BCUT2D eigenvalue weighted by atomic mass is 10.2. The number of aromatic nitrogens is 3. The second-order valence-electron chi connectivity index (χ2n) is 6.56. The lowest BCUT2D eigenvalue weighted by Gasteiger charge is -2.15. The first-order valence-electron chi connectivity index (χ1n) is 8.44. The van der Waals surface area contributed by atoms with Crippen LogP contribution in [0.15, 0.2) is 47.1 Å². The molecule has 4 rings (SSSR count). The largest absolute Gasteiger partial charge is 0.444 e. The Kier molecular flexibility index (Phi) is 3.94. The van der Waals surface area contributed by atoms with E-state index in [9.17, 15) is 0 Å². The van der Waals surface area contributed by atoms with Crippen LogP contribution < -0.4 is 0 Å². The van der Waals surface area contributed by atoms with Gasteiger partial charge in [0, 0.05) is 30.9 Å². The van der Waals surface area contributed by atoms with Crippen LogP contribution in [0.3, 0.4) is 0 Å². The van der Waals surface area contributed by atoms with Crippen molar-refractivity contribution in [2.75, 3.05) is 13.1 Å². The first kappa shape index (κ1) is 15.1. The molecule has 0 bridgehead atoms. The van der Waals surface area contributed by atoms with E-state index in [1.54, 1.807) is 6.26 Å². The van der Waals surface area contributed by atoms with Crippen LogP contribution in [0.4, 0.5) is 0 Å². The smallest absolute Gasteiger partial charge is 0.226 e. The third-order valence-electron chi connectivity index (χ3n) is 4.60. The molecule has 1 aliphatic rings. The number of aryl methyl sites for hydroxylation is 2. The summed E-state index contributed by atoms with van der Waals surface area (Å²) in [5.74, 6) is 0.694. The van der Waals surface area contributed by atoms with Crippen molar-refractivity contribution in [2.24, 2.45) is 0 Å². The molecule has 0 spiro atoms. The van der Waals surface area contributed by atoms with Crippen molar-refractivity contribution in [1.82, 2.24) is 19.7 Å². The van der Waals surface area contributed by atoms with Gasteiger partial charge in [0.15, 0.2) is 0 Å². The molecule has 5 nitrogen and oxygen atoms in total. The van der Waals surface area contributed by atoms with Gasteiger partial charge in [-0.05, 0) is 38.5 Å². The molecule has 2 aromatic heterocycles. The van der Waals surface area contributed by atoms with Gasteiger partial charge in [-0.3, -0.25) is 9.58 Å². The van der Waals surface area contributed by atoms with Gasteiger partial charge in [-0.1, -0.05) is 18.2 Å². The summed E-state index contributed by atoms with van der Waals surface area (Å²) in [5.41, 5.74) is 4.34. The van der Waals surface area contributed by atoms with Crippen LogP contribution in [-0.2, 0) is 6.54 Å². The average Bonchev–Trinajstić information content (AvgIpc) is 3.29. The van der Waals surface area contributed by atoms with E-state index in [1.165, 1.54) is 5.69 Å². The van der Waals surface area contributed by atoms with Crippen molar-refractivity contribution in [1.29, 1.82) is 0 Å². The molecule has 0 radical (unpaired) electrons. The SMILES string of the molecule is Cc1cc(C)n([C@H]2CCN(Cc3coc(-c4ccccc4)n3)C2)n1. The molecule has 0 saturated carbocycles. The van der Waals surface area contributed by atoms with Gasteiger partial charge in [0.25, 0.3) is 0 Å². The minimum atomic E-state index is 0.458. The fourth-order valence-corrected chi connectivity index (χ4v) is 3.49. The number of rotatable bonds is 4. The molecule has 0 amide bonds. The third kappa shape index (κ3) is 2.99. The van der Waals surface area contributed by atoms with Crippen molar-refractivity contribution in [3.63, 3.8) is 0 Å². The van der Waals surface area contributed by atoms with Gasteiger partial charge in [-0.2, -0.15) is 5.10 Å². The fraction of sp³-hybridized carbons (Fsp3) is 0.368. The fourth-order valence-electron chi connectivity index (χ4n) is 3.49. The van der Waals surface area contributed by atoms with E-state index in [-0.39, 0.29) is 0 Å². The van der Waals surface area contributed by atoms with Crippen LogP contribution in [0, 0.1) is 13.8 Å². The Balaban J connectivity index is 1.42. The third-order valence-corrected chi connectivity index (χ3v) is 4.60. The summed E-state index contributed by atoms with van der Waals surface area (Å²) in [7, 11) is 0. The van der Waals surface area contributed by atoms with Gasteiger partial charge >= 0.3 is 0 Å². The van der Waals surface area contributed by atoms with Gasteiger partial charge in [-0.25, -0.2) is 4.98 Å². The first-order valence-corrected chi connectivity index (χ1v) is 8.44. The Bertz CT molecular complexity index is 821. The van der Waals surface area contributed by atoms with E-state index in [0.717, 1.165) is 43.0 Å². The maximum atomic E-state index is 5.64. The minimum Gasteiger partial charge on any atom is -0.444 e. The van der Waals surface area contributed by atoms with Crippen LogP contribution >= 0.6 is 0 Å². The molecule has 1 aliphatic heterocycles. The highest BCUT2D eigenvalue weighted by Gasteiger charge is 2.26. The van der Waals surface area contributed by atoms with E-state index < -0.39 is 0 Å². The highest BCUT2D eigenvalue weighted by Crippen LogP contribution is 2.25. The molecule has 5 heteroatoms. The maximum Gasteiger partial charge on any atom is 0.226 e. The summed E-state index contributed by atoms with van der Waals surface area (Å²) in [6.07, 6.45) is 2.91. The number of hydrogen-bond acceptors (Lipinski definition) is 4. The Hall–Kier alpha value is -2.40. The summed E-state index contributed by atoms with van der Waals surface area (Å²) < 4.78 is 7.81. The van der Waals surface area contributed by atoms with Crippen LogP contribution in [0.5, 0.6) is 0 Å². The molecule has 124 valence electrons. The topological polar surface area (TPSA) is 47.1 Å². The lowest BCUT2D eigenvalue weighted by Crippen LogP contribution is -2.22. The van der Waals surface area contributed by atoms with Gasteiger partial charge in [-0.15, -0.1) is 0 Å². The van der Waals surface area contributed by atoms with Crippen LogP contribution in [0.25, 0.3) is 11.5 Å².